The highest BCUT2D eigenvalue weighted by molar-refractivity contribution is 6.31. The zero-order chi connectivity index (χ0) is 23.3. The summed E-state index contributed by atoms with van der Waals surface area (Å²) < 4.78 is 15.1. The van der Waals surface area contributed by atoms with E-state index in [9.17, 15) is 14.0 Å². The molecule has 168 valence electrons. The highest BCUT2D eigenvalue weighted by atomic mass is 35.5. The van der Waals surface area contributed by atoms with Gasteiger partial charge in [-0.05, 0) is 62.2 Å². The number of amides is 1. The summed E-state index contributed by atoms with van der Waals surface area (Å²) in [6.07, 6.45) is 1.73. The molecule has 1 amide bonds. The van der Waals surface area contributed by atoms with Gasteiger partial charge in [-0.3, -0.25) is 14.5 Å². The van der Waals surface area contributed by atoms with E-state index in [0.717, 1.165) is 0 Å². The standard InChI is InChI=1S/C25H20Cl2FN3O2/c1-14-23(25(27)31(29-14)18-5-2-4-15(26)12-18)19-13-22(33)30(17-10-8-16(28)9-11-17)20-6-3-7-21(32)24(19)20/h2,4-5,8-12,19H,3,6-7,13H2,1H3. The molecule has 33 heavy (non-hydrogen) atoms. The predicted molar refractivity (Wildman–Crippen MR) is 125 cm³/mol. The van der Waals surface area contributed by atoms with Crippen molar-refractivity contribution in [1.29, 1.82) is 0 Å². The third kappa shape index (κ3) is 3.77. The minimum atomic E-state index is -0.488. The van der Waals surface area contributed by atoms with Crippen LogP contribution in [0.4, 0.5) is 10.1 Å². The molecule has 1 unspecified atom stereocenters. The number of Topliss-reactive ketones (excluding diaryl/α,β-unsaturated/α-hetero) is 1. The Kier molecular flexibility index (Phi) is 5.59. The summed E-state index contributed by atoms with van der Waals surface area (Å²) in [6.45, 7) is 1.83. The van der Waals surface area contributed by atoms with Gasteiger partial charge >= 0.3 is 0 Å². The van der Waals surface area contributed by atoms with Gasteiger partial charge in [0.1, 0.15) is 11.0 Å². The normalized spacial score (nSPS) is 18.7. The summed E-state index contributed by atoms with van der Waals surface area (Å²) in [7, 11) is 0. The first-order chi connectivity index (χ1) is 15.8. The number of hydrogen-bond acceptors (Lipinski definition) is 3. The maximum Gasteiger partial charge on any atom is 0.232 e. The van der Waals surface area contributed by atoms with E-state index in [2.05, 4.69) is 5.10 Å². The molecular weight excluding hydrogens is 464 g/mol. The summed E-state index contributed by atoms with van der Waals surface area (Å²) >= 11 is 12.9. The van der Waals surface area contributed by atoms with E-state index < -0.39 is 5.92 Å². The largest absolute Gasteiger partial charge is 0.294 e. The molecule has 0 N–H and O–H groups in total. The van der Waals surface area contributed by atoms with Crippen LogP contribution in [0.15, 0.2) is 59.8 Å². The number of nitrogens with zero attached hydrogens (tertiary/aromatic N) is 3. The summed E-state index contributed by atoms with van der Waals surface area (Å²) in [5, 5.41) is 5.50. The first-order valence-corrected chi connectivity index (χ1v) is 11.5. The van der Waals surface area contributed by atoms with Crippen LogP contribution in [0.2, 0.25) is 10.2 Å². The molecule has 1 atom stereocenters. The lowest BCUT2D eigenvalue weighted by Gasteiger charge is -2.38. The van der Waals surface area contributed by atoms with E-state index in [1.54, 1.807) is 39.9 Å². The monoisotopic (exact) mass is 483 g/mol. The first-order valence-electron chi connectivity index (χ1n) is 10.7. The molecule has 2 aliphatic rings. The summed E-state index contributed by atoms with van der Waals surface area (Å²) in [5.41, 5.74) is 3.84. The molecular formula is C25H20Cl2FN3O2. The van der Waals surface area contributed by atoms with Crippen LogP contribution < -0.4 is 4.90 Å². The van der Waals surface area contributed by atoms with Crippen LogP contribution in [0.3, 0.4) is 0 Å². The molecule has 5 nitrogen and oxygen atoms in total. The lowest BCUT2D eigenvalue weighted by molar-refractivity contribution is -0.119. The van der Waals surface area contributed by atoms with Crippen LogP contribution in [-0.2, 0) is 9.59 Å². The number of aromatic nitrogens is 2. The van der Waals surface area contributed by atoms with Crippen molar-refractivity contribution in [2.75, 3.05) is 4.90 Å². The number of hydrogen-bond donors (Lipinski definition) is 0. The maximum absolute atomic E-state index is 13.5. The molecule has 2 aromatic carbocycles. The molecule has 0 spiro atoms. The van der Waals surface area contributed by atoms with Gasteiger partial charge in [-0.2, -0.15) is 5.10 Å². The summed E-state index contributed by atoms with van der Waals surface area (Å²) in [5.74, 6) is -1.03. The van der Waals surface area contributed by atoms with Crippen LogP contribution in [-0.4, -0.2) is 21.5 Å². The number of ketones is 1. The van der Waals surface area contributed by atoms with Gasteiger partial charge in [0.15, 0.2) is 5.78 Å². The highest BCUT2D eigenvalue weighted by Crippen LogP contribution is 2.46. The molecule has 2 heterocycles. The average Bonchev–Trinajstić information content (AvgIpc) is 3.08. The van der Waals surface area contributed by atoms with Crippen LogP contribution in [0, 0.1) is 12.7 Å². The Bertz CT molecular complexity index is 1310. The van der Waals surface area contributed by atoms with Crippen molar-refractivity contribution < 1.29 is 14.0 Å². The Morgan fingerprint density at radius 2 is 1.79 bits per heavy atom. The van der Waals surface area contributed by atoms with Gasteiger partial charge in [0.2, 0.25) is 5.91 Å². The second-order valence-corrected chi connectivity index (χ2v) is 9.08. The fraction of sp³-hybridized carbons (Fsp3) is 0.240. The third-order valence-electron chi connectivity index (χ3n) is 6.21. The topological polar surface area (TPSA) is 55.2 Å². The molecule has 1 aromatic heterocycles. The second-order valence-electron chi connectivity index (χ2n) is 8.28. The molecule has 1 aliphatic heterocycles. The van der Waals surface area contributed by atoms with Gasteiger partial charge in [0.05, 0.1) is 11.4 Å². The summed E-state index contributed by atoms with van der Waals surface area (Å²) in [4.78, 5) is 28.1. The summed E-state index contributed by atoms with van der Waals surface area (Å²) in [6, 6.07) is 12.9. The fourth-order valence-electron chi connectivity index (χ4n) is 4.82. The molecule has 0 saturated heterocycles. The molecule has 1 aliphatic carbocycles. The predicted octanol–water partition coefficient (Wildman–Crippen LogP) is 6.15. The molecule has 0 fully saturated rings. The number of anilines is 1. The van der Waals surface area contributed by atoms with Crippen molar-refractivity contribution in [3.05, 3.63) is 87.1 Å². The van der Waals surface area contributed by atoms with Crippen LogP contribution in [0.1, 0.15) is 42.9 Å². The van der Waals surface area contributed by atoms with Crippen molar-refractivity contribution >= 4 is 40.6 Å². The van der Waals surface area contributed by atoms with Gasteiger partial charge in [-0.25, -0.2) is 9.07 Å². The lowest BCUT2D eigenvalue weighted by Crippen LogP contribution is -2.40. The Hall–Kier alpha value is -2.96. The van der Waals surface area contributed by atoms with E-state index in [-0.39, 0.29) is 23.9 Å². The number of aryl methyl sites for hydroxylation is 1. The average molecular weight is 484 g/mol. The molecule has 5 rings (SSSR count). The third-order valence-corrected chi connectivity index (χ3v) is 6.81. The van der Waals surface area contributed by atoms with Crippen molar-refractivity contribution in [1.82, 2.24) is 9.78 Å². The smallest absolute Gasteiger partial charge is 0.232 e. The number of carbonyl (C=O) groups is 2. The number of allylic oxidation sites excluding steroid dienone is 2. The lowest BCUT2D eigenvalue weighted by atomic mass is 9.77. The van der Waals surface area contributed by atoms with E-state index in [1.165, 1.54) is 12.1 Å². The second kappa shape index (κ2) is 8.43. The van der Waals surface area contributed by atoms with Gasteiger partial charge in [-0.1, -0.05) is 29.3 Å². The quantitative estimate of drug-likeness (QED) is 0.448. The SMILES string of the molecule is Cc1nn(-c2cccc(Cl)c2)c(Cl)c1C1CC(=O)N(c2ccc(F)cc2)C2=C1C(=O)CCC2. The van der Waals surface area contributed by atoms with E-state index in [1.807, 2.05) is 13.0 Å². The molecule has 8 heteroatoms. The minimum absolute atomic E-state index is 0.00633. The van der Waals surface area contributed by atoms with Gasteiger partial charge in [-0.15, -0.1) is 0 Å². The molecule has 0 saturated carbocycles. The number of rotatable bonds is 3. The highest BCUT2D eigenvalue weighted by Gasteiger charge is 2.42. The number of halogens is 3. The van der Waals surface area contributed by atoms with Gasteiger partial charge in [0.25, 0.3) is 0 Å². The number of benzene rings is 2. The Labute approximate surface area is 200 Å². The number of carbonyl (C=O) groups excluding carboxylic acids is 2. The maximum atomic E-state index is 13.5. The van der Waals surface area contributed by atoms with Gasteiger partial charge in [0, 0.05) is 46.3 Å². The van der Waals surface area contributed by atoms with Gasteiger partial charge < -0.3 is 0 Å². The fourth-order valence-corrected chi connectivity index (χ4v) is 5.40. The van der Waals surface area contributed by atoms with Crippen LogP contribution in [0.5, 0.6) is 0 Å². The van der Waals surface area contributed by atoms with Crippen molar-refractivity contribution in [3.63, 3.8) is 0 Å². The van der Waals surface area contributed by atoms with Crippen molar-refractivity contribution in [2.45, 2.75) is 38.5 Å². The Balaban J connectivity index is 1.65. The zero-order valence-corrected chi connectivity index (χ0v) is 19.3. The molecule has 3 aromatic rings. The van der Waals surface area contributed by atoms with Crippen LogP contribution in [0.25, 0.3) is 5.69 Å². The van der Waals surface area contributed by atoms with Crippen molar-refractivity contribution in [2.24, 2.45) is 0 Å². The molecule has 0 radical (unpaired) electrons. The van der Waals surface area contributed by atoms with Crippen LogP contribution >= 0.6 is 23.2 Å². The van der Waals surface area contributed by atoms with E-state index in [4.69, 9.17) is 23.2 Å². The molecule has 0 bridgehead atoms. The van der Waals surface area contributed by atoms with E-state index >= 15 is 0 Å². The van der Waals surface area contributed by atoms with Crippen molar-refractivity contribution in [3.8, 4) is 5.69 Å². The Morgan fingerprint density at radius 1 is 1.03 bits per heavy atom. The first kappa shape index (κ1) is 21.9. The van der Waals surface area contributed by atoms with E-state index in [0.29, 0.717) is 63.3 Å². The Morgan fingerprint density at radius 3 is 2.52 bits per heavy atom. The minimum Gasteiger partial charge on any atom is -0.294 e. The zero-order valence-electron chi connectivity index (χ0n) is 17.8.